The number of hydrogen-bond acceptors (Lipinski definition) is 16. The van der Waals surface area contributed by atoms with Crippen LogP contribution in [-0.4, -0.2) is 95.9 Å². The number of hydrogen-bond donors (Lipinski definition) is 6. The minimum absolute atomic E-state index is 0.419. The van der Waals surface area contributed by atoms with E-state index in [0.29, 0.717) is 34.6 Å². The second-order valence-corrected chi connectivity index (χ2v) is 6.27. The van der Waals surface area contributed by atoms with Crippen molar-refractivity contribution in [3.8, 4) is 0 Å². The molecule has 0 saturated heterocycles. The van der Waals surface area contributed by atoms with E-state index in [0.717, 1.165) is 0 Å². The van der Waals surface area contributed by atoms with E-state index in [1.807, 2.05) is 0 Å². The number of carboxylic acids is 1. The quantitative estimate of drug-likeness (QED) is 0.0973. The summed E-state index contributed by atoms with van der Waals surface area (Å²) in [6, 6.07) is 0. The van der Waals surface area contributed by atoms with Crippen LogP contribution in [0.2, 0.25) is 0 Å². The standard InChI is InChI=1S/C16H22O17/c1-6(17)29-12(24)14(26,31-8(3)19)16(28,33-10(5)21)15(27,32-9(4)20)13(25,11(22)23)30-7(2)18/h12,24-28H,1-5H3,(H,22,23)/t12?,13-,14+,15+,16+/m1/s1. The predicted octanol–water partition coefficient (Wildman–Crippen LogP) is -4.04. The number of ether oxygens (including phenoxy) is 5. The Hall–Kier alpha value is -3.38. The van der Waals surface area contributed by atoms with Crippen LogP contribution in [0.5, 0.6) is 0 Å². The van der Waals surface area contributed by atoms with Gasteiger partial charge in [0.05, 0.1) is 0 Å². The molecule has 5 atom stereocenters. The first kappa shape index (κ1) is 29.6. The Morgan fingerprint density at radius 1 is 0.606 bits per heavy atom. The van der Waals surface area contributed by atoms with Gasteiger partial charge in [-0.1, -0.05) is 0 Å². The Morgan fingerprint density at radius 3 is 1.27 bits per heavy atom. The van der Waals surface area contributed by atoms with Crippen molar-refractivity contribution in [3.63, 3.8) is 0 Å². The van der Waals surface area contributed by atoms with Gasteiger partial charge in [-0.2, -0.15) is 0 Å². The molecule has 0 aromatic heterocycles. The molecule has 0 radical (unpaired) electrons. The molecule has 0 amide bonds. The molecule has 0 rings (SSSR count). The topological polar surface area (TPSA) is 270 Å². The number of esters is 5. The van der Waals surface area contributed by atoms with E-state index in [1.54, 1.807) is 0 Å². The van der Waals surface area contributed by atoms with Crippen molar-refractivity contribution in [1.29, 1.82) is 0 Å². The van der Waals surface area contributed by atoms with Gasteiger partial charge >= 0.3 is 59.0 Å². The van der Waals surface area contributed by atoms with E-state index in [4.69, 9.17) is 0 Å². The van der Waals surface area contributed by atoms with Gasteiger partial charge in [-0.15, -0.1) is 0 Å². The highest BCUT2D eigenvalue weighted by molar-refractivity contribution is 5.82. The van der Waals surface area contributed by atoms with Gasteiger partial charge in [-0.3, -0.25) is 24.0 Å². The smallest absolute Gasteiger partial charge is 0.385 e. The summed E-state index contributed by atoms with van der Waals surface area (Å²) in [5.41, 5.74) is 0. The van der Waals surface area contributed by atoms with Crippen LogP contribution in [0, 0.1) is 0 Å². The molecule has 0 heterocycles. The number of carboxylic acid groups (broad SMARTS) is 1. The summed E-state index contributed by atoms with van der Waals surface area (Å²) in [7, 11) is 0. The number of carbonyl (C=O) groups is 6. The van der Waals surface area contributed by atoms with Crippen LogP contribution in [0.25, 0.3) is 0 Å². The van der Waals surface area contributed by atoms with Crippen LogP contribution in [0.1, 0.15) is 34.6 Å². The summed E-state index contributed by atoms with van der Waals surface area (Å²) in [6.07, 6.45) is -3.35. The van der Waals surface area contributed by atoms with Crippen molar-refractivity contribution < 1.29 is 83.1 Å². The van der Waals surface area contributed by atoms with Crippen molar-refractivity contribution in [2.24, 2.45) is 0 Å². The maximum absolute atomic E-state index is 11.7. The van der Waals surface area contributed by atoms with E-state index in [9.17, 15) is 59.4 Å². The number of rotatable bonds is 10. The molecule has 0 saturated carbocycles. The number of aliphatic hydroxyl groups is 5. The molecule has 1 unspecified atom stereocenters. The molecule has 188 valence electrons. The van der Waals surface area contributed by atoms with Gasteiger partial charge in [-0.25, -0.2) is 4.79 Å². The Bertz CT molecular complexity index is 837. The number of aliphatic carboxylic acids is 1. The van der Waals surface area contributed by atoms with E-state index in [1.165, 1.54) is 0 Å². The molecule has 0 aliphatic rings. The highest BCUT2D eigenvalue weighted by atomic mass is 16.8. The molecular weight excluding hydrogens is 464 g/mol. The van der Waals surface area contributed by atoms with Gasteiger partial charge in [0.25, 0.3) is 6.29 Å². The van der Waals surface area contributed by atoms with Crippen molar-refractivity contribution in [1.82, 2.24) is 0 Å². The van der Waals surface area contributed by atoms with Gasteiger partial charge in [0.15, 0.2) is 0 Å². The van der Waals surface area contributed by atoms with Crippen LogP contribution >= 0.6 is 0 Å². The lowest BCUT2D eigenvalue weighted by Gasteiger charge is -2.50. The predicted molar refractivity (Wildman–Crippen MR) is 92.3 cm³/mol. The zero-order valence-electron chi connectivity index (χ0n) is 17.8. The third kappa shape index (κ3) is 5.71. The number of carbonyl (C=O) groups excluding carboxylic acids is 5. The lowest BCUT2D eigenvalue weighted by molar-refractivity contribution is -0.510. The highest BCUT2D eigenvalue weighted by Crippen LogP contribution is 2.45. The molecule has 0 aliphatic heterocycles. The third-order valence-electron chi connectivity index (χ3n) is 3.48. The van der Waals surface area contributed by atoms with Crippen LogP contribution in [0.15, 0.2) is 0 Å². The maximum atomic E-state index is 11.7. The fourth-order valence-corrected chi connectivity index (χ4v) is 2.38. The first-order valence-corrected chi connectivity index (χ1v) is 8.46. The van der Waals surface area contributed by atoms with Crippen LogP contribution < -0.4 is 0 Å². The molecule has 6 N–H and O–H groups in total. The zero-order valence-corrected chi connectivity index (χ0v) is 17.8. The number of aliphatic hydroxyl groups excluding tert-OH is 1. The van der Waals surface area contributed by atoms with Gasteiger partial charge in [0.1, 0.15) is 0 Å². The molecule has 0 fully saturated rings. The molecule has 0 bridgehead atoms. The minimum Gasteiger partial charge on any atom is -0.476 e. The fraction of sp³-hybridized carbons (Fsp3) is 0.625. The average molecular weight is 486 g/mol. The van der Waals surface area contributed by atoms with Gasteiger partial charge in [0.2, 0.25) is 0 Å². The van der Waals surface area contributed by atoms with Crippen molar-refractivity contribution in [2.45, 2.75) is 64.1 Å². The Kier molecular flexibility index (Phi) is 9.02. The molecule has 17 nitrogen and oxygen atoms in total. The van der Waals surface area contributed by atoms with Crippen LogP contribution in [-0.2, 0) is 52.5 Å². The molecular formula is C16H22O17. The summed E-state index contributed by atoms with van der Waals surface area (Å²) in [5.74, 6) is -30.1. The summed E-state index contributed by atoms with van der Waals surface area (Å²) in [6.45, 7) is 2.39. The van der Waals surface area contributed by atoms with Gasteiger partial charge < -0.3 is 54.3 Å². The van der Waals surface area contributed by atoms with Crippen molar-refractivity contribution in [3.05, 3.63) is 0 Å². The minimum atomic E-state index is -4.85. The Labute approximate surface area is 184 Å². The summed E-state index contributed by atoms with van der Waals surface area (Å²) in [4.78, 5) is 69.2. The Morgan fingerprint density at radius 2 is 0.970 bits per heavy atom. The van der Waals surface area contributed by atoms with E-state index in [2.05, 4.69) is 23.7 Å². The molecule has 0 spiro atoms. The molecule has 33 heavy (non-hydrogen) atoms. The third-order valence-corrected chi connectivity index (χ3v) is 3.48. The lowest BCUT2D eigenvalue weighted by atomic mass is 9.87. The lowest BCUT2D eigenvalue weighted by Crippen LogP contribution is -2.83. The van der Waals surface area contributed by atoms with Gasteiger partial charge in [-0.05, 0) is 0 Å². The largest absolute Gasteiger partial charge is 0.476 e. The molecule has 17 heteroatoms. The van der Waals surface area contributed by atoms with Crippen LogP contribution in [0.3, 0.4) is 0 Å². The van der Waals surface area contributed by atoms with E-state index < -0.39 is 65.3 Å². The summed E-state index contributed by atoms with van der Waals surface area (Å²) in [5, 5.41) is 62.8. The van der Waals surface area contributed by atoms with Crippen molar-refractivity contribution >= 4 is 35.8 Å². The fourth-order valence-electron chi connectivity index (χ4n) is 2.38. The second kappa shape index (κ2) is 10.0. The second-order valence-electron chi connectivity index (χ2n) is 6.27. The van der Waals surface area contributed by atoms with Crippen molar-refractivity contribution in [2.75, 3.05) is 0 Å². The van der Waals surface area contributed by atoms with Gasteiger partial charge in [0, 0.05) is 34.6 Å². The zero-order chi connectivity index (χ0) is 26.6. The monoisotopic (exact) mass is 486 g/mol. The summed E-state index contributed by atoms with van der Waals surface area (Å²) >= 11 is 0. The van der Waals surface area contributed by atoms with Crippen LogP contribution in [0.4, 0.5) is 0 Å². The average Bonchev–Trinajstić information content (AvgIpc) is 2.57. The SMILES string of the molecule is CC(=O)OC(O)[C@](O)(OC(C)=O)[C@](O)(OC(C)=O)[C@@](O)(OC(C)=O)[C@](O)(OC(C)=O)C(=O)O. The Balaban J connectivity index is 7.66. The normalized spacial score (nSPS) is 19.1. The maximum Gasteiger partial charge on any atom is 0.385 e. The first-order valence-electron chi connectivity index (χ1n) is 8.46. The van der Waals surface area contributed by atoms with E-state index in [-0.39, 0.29) is 0 Å². The molecule has 0 aliphatic carbocycles. The molecule has 0 aromatic carbocycles. The molecule has 0 aromatic rings. The first-order chi connectivity index (χ1) is 14.7. The van der Waals surface area contributed by atoms with E-state index >= 15 is 0 Å². The summed E-state index contributed by atoms with van der Waals surface area (Å²) < 4.78 is 20.9. The highest BCUT2D eigenvalue weighted by Gasteiger charge is 2.84.